The van der Waals surface area contributed by atoms with Crippen molar-refractivity contribution in [2.24, 2.45) is 11.3 Å². The van der Waals surface area contributed by atoms with Crippen LogP contribution < -0.4 is 5.32 Å². The van der Waals surface area contributed by atoms with Crippen LogP contribution in [0.2, 0.25) is 0 Å². The molecule has 0 aromatic heterocycles. The van der Waals surface area contributed by atoms with Crippen LogP contribution >= 0.6 is 0 Å². The SMILES string of the molecule is CCCCOCCOCCOCCNCC1(C2CC2)CC1. The highest BCUT2D eigenvalue weighted by molar-refractivity contribution is 5.04. The lowest BCUT2D eigenvalue weighted by molar-refractivity contribution is 0.0145. The Balaban J connectivity index is 1.26. The number of hydrogen-bond acceptors (Lipinski definition) is 4. The Labute approximate surface area is 129 Å². The van der Waals surface area contributed by atoms with Gasteiger partial charge >= 0.3 is 0 Å². The summed E-state index contributed by atoms with van der Waals surface area (Å²) in [4.78, 5) is 0. The maximum atomic E-state index is 5.56. The average Bonchev–Trinajstić information content (AvgIpc) is 3.37. The van der Waals surface area contributed by atoms with E-state index in [1.807, 2.05) is 0 Å². The van der Waals surface area contributed by atoms with Gasteiger partial charge in [-0.3, -0.25) is 0 Å². The van der Waals surface area contributed by atoms with E-state index in [0.29, 0.717) is 31.8 Å². The van der Waals surface area contributed by atoms with Gasteiger partial charge in [0, 0.05) is 19.7 Å². The fraction of sp³-hybridized carbons (Fsp3) is 1.00. The molecule has 0 saturated heterocycles. The molecule has 4 heteroatoms. The van der Waals surface area contributed by atoms with Gasteiger partial charge in [0.1, 0.15) is 0 Å². The summed E-state index contributed by atoms with van der Waals surface area (Å²) in [6.07, 6.45) is 8.15. The first kappa shape index (κ1) is 17.2. The molecule has 2 fully saturated rings. The predicted molar refractivity (Wildman–Crippen MR) is 84.6 cm³/mol. The predicted octanol–water partition coefficient (Wildman–Crippen LogP) is 2.62. The highest BCUT2D eigenvalue weighted by atomic mass is 16.5. The van der Waals surface area contributed by atoms with Crippen molar-refractivity contribution in [1.82, 2.24) is 5.32 Å². The van der Waals surface area contributed by atoms with E-state index < -0.39 is 0 Å². The van der Waals surface area contributed by atoms with Crippen LogP contribution in [0.3, 0.4) is 0 Å². The van der Waals surface area contributed by atoms with Crippen molar-refractivity contribution in [2.75, 3.05) is 52.7 Å². The Hall–Kier alpha value is -0.160. The van der Waals surface area contributed by atoms with E-state index in [4.69, 9.17) is 14.2 Å². The number of hydrogen-bond donors (Lipinski definition) is 1. The highest BCUT2D eigenvalue weighted by Gasteiger charge is 2.52. The number of nitrogens with one attached hydrogen (secondary N) is 1. The molecule has 124 valence electrons. The van der Waals surface area contributed by atoms with Gasteiger partial charge < -0.3 is 19.5 Å². The molecule has 2 saturated carbocycles. The Kier molecular flexibility index (Phi) is 8.01. The summed E-state index contributed by atoms with van der Waals surface area (Å²) in [6.45, 7) is 8.71. The molecular weight excluding hydrogens is 266 g/mol. The molecule has 2 rings (SSSR count). The molecule has 0 unspecified atom stereocenters. The van der Waals surface area contributed by atoms with Gasteiger partial charge in [-0.2, -0.15) is 0 Å². The van der Waals surface area contributed by atoms with Crippen molar-refractivity contribution in [3.63, 3.8) is 0 Å². The number of ether oxygens (including phenoxy) is 3. The molecule has 21 heavy (non-hydrogen) atoms. The normalized spacial score (nSPS) is 19.9. The first-order chi connectivity index (χ1) is 10.4. The third-order valence-electron chi connectivity index (χ3n) is 4.62. The maximum Gasteiger partial charge on any atom is 0.0701 e. The van der Waals surface area contributed by atoms with Crippen LogP contribution in [-0.4, -0.2) is 52.7 Å². The topological polar surface area (TPSA) is 39.7 Å². The molecule has 2 aliphatic carbocycles. The molecule has 0 bridgehead atoms. The zero-order valence-corrected chi connectivity index (χ0v) is 13.7. The molecule has 1 N–H and O–H groups in total. The zero-order chi connectivity index (χ0) is 14.8. The van der Waals surface area contributed by atoms with E-state index in [-0.39, 0.29) is 0 Å². The molecule has 4 nitrogen and oxygen atoms in total. The van der Waals surface area contributed by atoms with Crippen LogP contribution in [0.15, 0.2) is 0 Å². The molecular formula is C17H33NO3. The molecule has 0 aromatic rings. The summed E-state index contributed by atoms with van der Waals surface area (Å²) in [6, 6.07) is 0. The fourth-order valence-corrected chi connectivity index (χ4v) is 2.86. The fourth-order valence-electron chi connectivity index (χ4n) is 2.86. The lowest BCUT2D eigenvalue weighted by atomic mass is 10.0. The Morgan fingerprint density at radius 1 is 0.905 bits per heavy atom. The van der Waals surface area contributed by atoms with E-state index in [1.54, 1.807) is 0 Å². The van der Waals surface area contributed by atoms with Crippen LogP contribution in [0.4, 0.5) is 0 Å². The smallest absolute Gasteiger partial charge is 0.0701 e. The summed E-state index contributed by atoms with van der Waals surface area (Å²) in [5.74, 6) is 1.04. The minimum absolute atomic E-state index is 0.670. The first-order valence-corrected chi connectivity index (χ1v) is 8.81. The van der Waals surface area contributed by atoms with Crippen molar-refractivity contribution in [2.45, 2.75) is 45.4 Å². The molecule has 0 aliphatic heterocycles. The van der Waals surface area contributed by atoms with E-state index in [9.17, 15) is 0 Å². The monoisotopic (exact) mass is 299 g/mol. The van der Waals surface area contributed by atoms with Crippen LogP contribution in [0.5, 0.6) is 0 Å². The third kappa shape index (κ3) is 7.09. The van der Waals surface area contributed by atoms with E-state index in [2.05, 4.69) is 12.2 Å². The molecule has 2 aliphatic rings. The second-order valence-electron chi connectivity index (χ2n) is 6.50. The molecule has 0 spiro atoms. The van der Waals surface area contributed by atoms with Crippen LogP contribution in [-0.2, 0) is 14.2 Å². The van der Waals surface area contributed by atoms with Gasteiger partial charge in [-0.25, -0.2) is 0 Å². The third-order valence-corrected chi connectivity index (χ3v) is 4.62. The highest BCUT2D eigenvalue weighted by Crippen LogP contribution is 2.60. The summed E-state index contributed by atoms with van der Waals surface area (Å²) in [7, 11) is 0. The molecule has 0 heterocycles. The minimum Gasteiger partial charge on any atom is -0.379 e. The second kappa shape index (κ2) is 9.78. The van der Waals surface area contributed by atoms with Crippen molar-refractivity contribution in [3.8, 4) is 0 Å². The largest absolute Gasteiger partial charge is 0.379 e. The van der Waals surface area contributed by atoms with Gasteiger partial charge in [0.25, 0.3) is 0 Å². The maximum absolute atomic E-state index is 5.56. The van der Waals surface area contributed by atoms with Gasteiger partial charge in [-0.15, -0.1) is 0 Å². The zero-order valence-electron chi connectivity index (χ0n) is 13.7. The Morgan fingerprint density at radius 2 is 1.52 bits per heavy atom. The van der Waals surface area contributed by atoms with Crippen molar-refractivity contribution >= 4 is 0 Å². The molecule has 0 aromatic carbocycles. The first-order valence-electron chi connectivity index (χ1n) is 8.81. The van der Waals surface area contributed by atoms with Gasteiger partial charge in [0.2, 0.25) is 0 Å². The molecule has 0 atom stereocenters. The summed E-state index contributed by atoms with van der Waals surface area (Å²) < 4.78 is 16.4. The van der Waals surface area contributed by atoms with Gasteiger partial charge in [0.05, 0.1) is 33.0 Å². The van der Waals surface area contributed by atoms with Crippen molar-refractivity contribution < 1.29 is 14.2 Å². The lowest BCUT2D eigenvalue weighted by Crippen LogP contribution is -2.28. The Bertz CT molecular complexity index is 265. The summed E-state index contributed by atoms with van der Waals surface area (Å²) >= 11 is 0. The number of rotatable bonds is 15. The Morgan fingerprint density at radius 3 is 2.10 bits per heavy atom. The molecule has 0 amide bonds. The quantitative estimate of drug-likeness (QED) is 0.472. The van der Waals surface area contributed by atoms with E-state index >= 15 is 0 Å². The minimum atomic E-state index is 0.670. The van der Waals surface area contributed by atoms with Crippen LogP contribution in [0.25, 0.3) is 0 Å². The van der Waals surface area contributed by atoms with Crippen LogP contribution in [0, 0.1) is 11.3 Å². The van der Waals surface area contributed by atoms with Gasteiger partial charge in [-0.1, -0.05) is 13.3 Å². The standard InChI is InChI=1S/C17H33NO3/c1-2-3-9-19-11-13-21-14-12-20-10-8-18-15-17(6-7-17)16-4-5-16/h16,18H,2-15H2,1H3. The number of unbranched alkanes of at least 4 members (excludes halogenated alkanes) is 1. The second-order valence-corrected chi connectivity index (χ2v) is 6.50. The lowest BCUT2D eigenvalue weighted by Gasteiger charge is -2.14. The van der Waals surface area contributed by atoms with E-state index in [0.717, 1.165) is 32.1 Å². The van der Waals surface area contributed by atoms with E-state index in [1.165, 1.54) is 38.6 Å². The summed E-state index contributed by atoms with van der Waals surface area (Å²) in [5.41, 5.74) is 0.695. The molecule has 0 radical (unpaired) electrons. The summed E-state index contributed by atoms with van der Waals surface area (Å²) in [5, 5.41) is 3.55. The van der Waals surface area contributed by atoms with Crippen molar-refractivity contribution in [3.05, 3.63) is 0 Å². The van der Waals surface area contributed by atoms with Gasteiger partial charge in [-0.05, 0) is 43.4 Å². The van der Waals surface area contributed by atoms with Crippen molar-refractivity contribution in [1.29, 1.82) is 0 Å². The van der Waals surface area contributed by atoms with Crippen LogP contribution in [0.1, 0.15) is 45.4 Å². The average molecular weight is 299 g/mol. The van der Waals surface area contributed by atoms with Gasteiger partial charge in [0.15, 0.2) is 0 Å².